The number of esters is 1. The van der Waals surface area contributed by atoms with Gasteiger partial charge in [0.2, 0.25) is 6.79 Å². The van der Waals surface area contributed by atoms with Crippen molar-refractivity contribution in [1.82, 2.24) is 4.98 Å². The SMILES string of the molecule is CCCC(CCC)C(=O)OCOc1c(-c2ccc(Oc3ccc(OC(F)(F)F)cc3)cc2)c(C)nc2cc(OC)c(Cl)cc12. The molecule has 0 amide bonds. The van der Waals surface area contributed by atoms with E-state index in [1.807, 2.05) is 20.8 Å². The summed E-state index contributed by atoms with van der Waals surface area (Å²) in [5.74, 6) is 0.829. The Kier molecular flexibility index (Phi) is 10.8. The van der Waals surface area contributed by atoms with Gasteiger partial charge in [-0.3, -0.25) is 9.78 Å². The van der Waals surface area contributed by atoms with Gasteiger partial charge in [0.1, 0.15) is 28.7 Å². The molecule has 3 aromatic carbocycles. The molecule has 1 aromatic heterocycles. The van der Waals surface area contributed by atoms with Crippen molar-refractivity contribution in [2.45, 2.75) is 52.8 Å². The summed E-state index contributed by atoms with van der Waals surface area (Å²) in [6.07, 6.45) is -1.55. The number of halogens is 4. The third-order valence-corrected chi connectivity index (χ3v) is 7.14. The molecule has 0 saturated carbocycles. The molecule has 0 unspecified atom stereocenters. The summed E-state index contributed by atoms with van der Waals surface area (Å²) >= 11 is 6.47. The van der Waals surface area contributed by atoms with E-state index < -0.39 is 6.36 Å². The Morgan fingerprint density at radius 2 is 1.52 bits per heavy atom. The number of methoxy groups -OCH3 is 1. The van der Waals surface area contributed by atoms with Gasteiger partial charge in [0.05, 0.1) is 23.6 Å². The lowest BCUT2D eigenvalue weighted by Crippen LogP contribution is -2.20. The van der Waals surface area contributed by atoms with Crippen LogP contribution in [0.2, 0.25) is 5.02 Å². The molecule has 0 spiro atoms. The van der Waals surface area contributed by atoms with Gasteiger partial charge < -0.3 is 23.7 Å². The van der Waals surface area contributed by atoms with Gasteiger partial charge in [0, 0.05) is 22.7 Å². The Morgan fingerprint density at radius 1 is 0.932 bits per heavy atom. The van der Waals surface area contributed by atoms with Gasteiger partial charge in [0.25, 0.3) is 0 Å². The number of hydrogen-bond acceptors (Lipinski definition) is 7. The van der Waals surface area contributed by atoms with Crippen LogP contribution in [0.15, 0.2) is 60.7 Å². The van der Waals surface area contributed by atoms with Crippen LogP contribution < -0.4 is 18.9 Å². The molecule has 0 saturated heterocycles. The van der Waals surface area contributed by atoms with Crippen molar-refractivity contribution in [3.63, 3.8) is 0 Å². The second-order valence-corrected chi connectivity index (χ2v) is 10.5. The summed E-state index contributed by atoms with van der Waals surface area (Å²) in [6.45, 7) is 5.60. The Balaban J connectivity index is 1.62. The minimum Gasteiger partial charge on any atom is -0.495 e. The molecule has 0 fully saturated rings. The number of ether oxygens (including phenoxy) is 5. The highest BCUT2D eigenvalue weighted by molar-refractivity contribution is 6.33. The van der Waals surface area contributed by atoms with Crippen LogP contribution in [0.5, 0.6) is 28.7 Å². The topological polar surface area (TPSA) is 76.1 Å². The van der Waals surface area contributed by atoms with E-state index in [-0.39, 0.29) is 24.4 Å². The number of aromatic nitrogens is 1. The van der Waals surface area contributed by atoms with E-state index in [1.165, 1.54) is 31.4 Å². The first-order chi connectivity index (χ1) is 21.0. The van der Waals surface area contributed by atoms with Crippen LogP contribution in [0.3, 0.4) is 0 Å². The van der Waals surface area contributed by atoms with Crippen LogP contribution in [0.1, 0.15) is 45.2 Å². The third kappa shape index (κ3) is 8.25. The molecule has 0 aliphatic rings. The smallest absolute Gasteiger partial charge is 0.495 e. The zero-order valence-electron chi connectivity index (χ0n) is 24.8. The number of hydrogen-bond donors (Lipinski definition) is 0. The van der Waals surface area contributed by atoms with Crippen LogP contribution in [-0.2, 0) is 9.53 Å². The van der Waals surface area contributed by atoms with E-state index in [4.69, 9.17) is 35.5 Å². The Bertz CT molecular complexity index is 1570. The predicted octanol–water partition coefficient (Wildman–Crippen LogP) is 9.66. The maximum Gasteiger partial charge on any atom is 0.573 e. The normalized spacial score (nSPS) is 11.5. The number of benzene rings is 3. The van der Waals surface area contributed by atoms with E-state index in [0.717, 1.165) is 31.2 Å². The summed E-state index contributed by atoms with van der Waals surface area (Å²) in [7, 11) is 1.52. The molecule has 44 heavy (non-hydrogen) atoms. The summed E-state index contributed by atoms with van der Waals surface area (Å²) in [4.78, 5) is 17.5. The molecule has 0 aliphatic heterocycles. The highest BCUT2D eigenvalue weighted by Crippen LogP contribution is 2.42. The molecule has 11 heteroatoms. The fourth-order valence-electron chi connectivity index (χ4n) is 4.88. The maximum atomic E-state index is 12.8. The standard InChI is InChI=1S/C33H33ClF3NO6/c1-5-7-22(8-6-2)32(39)42-19-41-31-26-17-27(34)29(40-4)18-28(26)38-20(3)30(31)21-9-11-23(12-10-21)43-24-13-15-25(16-14-24)44-33(35,36)37/h9-18,22H,5-8,19H2,1-4H3. The Labute approximate surface area is 258 Å². The average Bonchev–Trinajstić information content (AvgIpc) is 2.98. The molecular weight excluding hydrogens is 599 g/mol. The molecule has 1 heterocycles. The van der Waals surface area contributed by atoms with Gasteiger partial charge in [-0.15, -0.1) is 13.2 Å². The molecular formula is C33H33ClF3NO6. The summed E-state index contributed by atoms with van der Waals surface area (Å²) in [6, 6.07) is 15.5. The van der Waals surface area contributed by atoms with Crippen molar-refractivity contribution in [3.05, 3.63) is 71.4 Å². The van der Waals surface area contributed by atoms with Gasteiger partial charge >= 0.3 is 12.3 Å². The number of carbonyl (C=O) groups is 1. The minimum absolute atomic E-state index is 0.191. The summed E-state index contributed by atoms with van der Waals surface area (Å²) < 4.78 is 64.2. The number of pyridine rings is 1. The van der Waals surface area contributed by atoms with Crippen molar-refractivity contribution in [1.29, 1.82) is 0 Å². The van der Waals surface area contributed by atoms with Gasteiger partial charge in [-0.2, -0.15) is 0 Å². The van der Waals surface area contributed by atoms with E-state index in [1.54, 1.807) is 36.4 Å². The highest BCUT2D eigenvalue weighted by atomic mass is 35.5. The van der Waals surface area contributed by atoms with Gasteiger partial charge in [0.15, 0.2) is 0 Å². The lowest BCUT2D eigenvalue weighted by Gasteiger charge is -2.19. The van der Waals surface area contributed by atoms with Crippen LogP contribution in [0.25, 0.3) is 22.0 Å². The van der Waals surface area contributed by atoms with Crippen molar-refractivity contribution in [2.24, 2.45) is 5.92 Å². The first kappa shape index (κ1) is 32.7. The predicted molar refractivity (Wildman–Crippen MR) is 162 cm³/mol. The molecule has 0 aliphatic carbocycles. The molecule has 0 bridgehead atoms. The van der Waals surface area contributed by atoms with Crippen LogP contribution in [-0.4, -0.2) is 31.2 Å². The van der Waals surface area contributed by atoms with Gasteiger partial charge in [-0.1, -0.05) is 50.4 Å². The molecule has 4 rings (SSSR count). The second kappa shape index (κ2) is 14.5. The third-order valence-electron chi connectivity index (χ3n) is 6.84. The van der Waals surface area contributed by atoms with Crippen molar-refractivity contribution < 1.29 is 41.7 Å². The minimum atomic E-state index is -4.78. The molecule has 4 aromatic rings. The molecule has 0 N–H and O–H groups in total. The first-order valence-electron chi connectivity index (χ1n) is 14.1. The zero-order chi connectivity index (χ0) is 31.9. The lowest BCUT2D eigenvalue weighted by atomic mass is 9.99. The number of aryl methyl sites for hydroxylation is 1. The molecule has 0 atom stereocenters. The average molecular weight is 632 g/mol. The van der Waals surface area contributed by atoms with Gasteiger partial charge in [-0.25, -0.2) is 0 Å². The zero-order valence-corrected chi connectivity index (χ0v) is 25.6. The number of alkyl halides is 3. The molecule has 234 valence electrons. The van der Waals surface area contributed by atoms with Gasteiger partial charge in [-0.05, 0) is 67.8 Å². The van der Waals surface area contributed by atoms with E-state index in [0.29, 0.717) is 50.2 Å². The highest BCUT2D eigenvalue weighted by Gasteiger charge is 2.31. The van der Waals surface area contributed by atoms with Crippen LogP contribution in [0.4, 0.5) is 13.2 Å². The number of nitrogens with zero attached hydrogens (tertiary/aromatic N) is 1. The summed E-state index contributed by atoms with van der Waals surface area (Å²) in [5, 5.41) is 0.965. The first-order valence-corrected chi connectivity index (χ1v) is 14.5. The fourth-order valence-corrected chi connectivity index (χ4v) is 5.12. The van der Waals surface area contributed by atoms with E-state index in [2.05, 4.69) is 4.74 Å². The largest absolute Gasteiger partial charge is 0.573 e. The van der Waals surface area contributed by atoms with E-state index >= 15 is 0 Å². The molecule has 0 radical (unpaired) electrons. The van der Waals surface area contributed by atoms with Crippen LogP contribution in [0, 0.1) is 12.8 Å². The quantitative estimate of drug-likeness (QED) is 0.107. The monoisotopic (exact) mass is 631 g/mol. The van der Waals surface area contributed by atoms with Crippen molar-refractivity contribution >= 4 is 28.5 Å². The number of rotatable bonds is 13. The lowest BCUT2D eigenvalue weighted by molar-refractivity contribution is -0.274. The number of fused-ring (bicyclic) bond motifs is 1. The molecule has 7 nitrogen and oxygen atoms in total. The Morgan fingerprint density at radius 3 is 2.09 bits per heavy atom. The van der Waals surface area contributed by atoms with Crippen LogP contribution >= 0.6 is 11.6 Å². The van der Waals surface area contributed by atoms with E-state index in [9.17, 15) is 18.0 Å². The summed E-state index contributed by atoms with van der Waals surface area (Å²) in [5.41, 5.74) is 2.63. The Hall–Kier alpha value is -4.18. The van der Waals surface area contributed by atoms with Crippen molar-refractivity contribution in [3.8, 4) is 39.9 Å². The van der Waals surface area contributed by atoms with Crippen molar-refractivity contribution in [2.75, 3.05) is 13.9 Å². The number of carbonyl (C=O) groups excluding carboxylic acids is 1. The fraction of sp³-hybridized carbons (Fsp3) is 0.333. The maximum absolute atomic E-state index is 12.8. The second-order valence-electron chi connectivity index (χ2n) is 10.1.